The molecule has 72 valence electrons. The number of hydrazine groups is 1. The van der Waals surface area contributed by atoms with Gasteiger partial charge in [-0.25, -0.2) is 10.8 Å². The van der Waals surface area contributed by atoms with Crippen molar-refractivity contribution in [3.8, 4) is 0 Å². The zero-order valence-corrected chi connectivity index (χ0v) is 10.0. The van der Waals surface area contributed by atoms with Crippen LogP contribution in [0.4, 0.5) is 5.82 Å². The van der Waals surface area contributed by atoms with Crippen LogP contribution in [0.15, 0.2) is 24.3 Å². The molecule has 0 saturated heterocycles. The van der Waals surface area contributed by atoms with Crippen molar-refractivity contribution < 1.29 is 0 Å². The molecule has 14 heavy (non-hydrogen) atoms. The molecule has 0 unspecified atom stereocenters. The predicted octanol–water partition coefficient (Wildman–Crippen LogP) is 2.78. The number of anilines is 1. The zero-order valence-electron chi connectivity index (χ0n) is 7.09. The lowest BCUT2D eigenvalue weighted by Crippen LogP contribution is -2.08. The summed E-state index contributed by atoms with van der Waals surface area (Å²) in [5.74, 6) is 5.93. The highest BCUT2D eigenvalue weighted by Crippen LogP contribution is 2.24. The normalized spacial score (nSPS) is 10.5. The van der Waals surface area contributed by atoms with Crippen LogP contribution in [0.2, 0.25) is 5.02 Å². The minimum Gasteiger partial charge on any atom is -0.308 e. The zero-order chi connectivity index (χ0) is 10.1. The minimum absolute atomic E-state index is 0.651. The van der Waals surface area contributed by atoms with E-state index in [4.69, 9.17) is 17.4 Å². The summed E-state index contributed by atoms with van der Waals surface area (Å²) in [5.41, 5.74) is 3.42. The van der Waals surface area contributed by atoms with Gasteiger partial charge in [-0.2, -0.15) is 0 Å². The molecule has 0 aliphatic carbocycles. The third-order valence-corrected chi connectivity index (χ3v) is 2.90. The van der Waals surface area contributed by atoms with Gasteiger partial charge in [0.1, 0.15) is 5.82 Å². The van der Waals surface area contributed by atoms with Crippen molar-refractivity contribution in [2.24, 2.45) is 5.84 Å². The molecule has 1 aromatic heterocycles. The number of aromatic nitrogens is 1. The Morgan fingerprint density at radius 1 is 1.36 bits per heavy atom. The minimum atomic E-state index is 0.651. The first-order valence-corrected chi connectivity index (χ1v) is 5.39. The molecular formula is C9H7ClIN3. The molecule has 0 saturated carbocycles. The Hall–Kier alpha value is -0.590. The van der Waals surface area contributed by atoms with E-state index in [0.29, 0.717) is 5.82 Å². The Morgan fingerprint density at radius 2 is 2.14 bits per heavy atom. The van der Waals surface area contributed by atoms with Crippen molar-refractivity contribution in [2.75, 3.05) is 5.43 Å². The van der Waals surface area contributed by atoms with E-state index in [-0.39, 0.29) is 0 Å². The van der Waals surface area contributed by atoms with Gasteiger partial charge in [0.15, 0.2) is 0 Å². The summed E-state index contributed by atoms with van der Waals surface area (Å²) in [4.78, 5) is 4.33. The number of pyridine rings is 1. The number of nitrogens with two attached hydrogens (primary N) is 1. The van der Waals surface area contributed by atoms with Gasteiger partial charge in [-0.1, -0.05) is 11.6 Å². The maximum atomic E-state index is 5.92. The molecule has 3 N–H and O–H groups in total. The second-order valence-electron chi connectivity index (χ2n) is 2.80. The summed E-state index contributed by atoms with van der Waals surface area (Å²) in [6, 6.07) is 7.50. The predicted molar refractivity (Wildman–Crippen MR) is 67.3 cm³/mol. The molecule has 2 aromatic rings. The Bertz CT molecular complexity index is 487. The van der Waals surface area contributed by atoms with Gasteiger partial charge in [-0.3, -0.25) is 0 Å². The number of nitrogens with one attached hydrogen (secondary N) is 1. The average molecular weight is 320 g/mol. The van der Waals surface area contributed by atoms with Gasteiger partial charge in [0.05, 0.1) is 5.52 Å². The SMILES string of the molecule is NNc1ccc2cc(Cl)cc(I)c2n1. The van der Waals surface area contributed by atoms with Gasteiger partial charge in [-0.05, 0) is 46.9 Å². The van der Waals surface area contributed by atoms with Crippen molar-refractivity contribution in [1.29, 1.82) is 0 Å². The fraction of sp³-hybridized carbons (Fsp3) is 0. The third kappa shape index (κ3) is 1.77. The first kappa shape index (κ1) is 9.95. The van der Waals surface area contributed by atoms with Crippen molar-refractivity contribution >= 4 is 50.9 Å². The summed E-state index contributed by atoms with van der Waals surface area (Å²) in [7, 11) is 0. The number of hydrogen-bond acceptors (Lipinski definition) is 3. The van der Waals surface area contributed by atoms with Gasteiger partial charge in [0, 0.05) is 14.0 Å². The highest BCUT2D eigenvalue weighted by molar-refractivity contribution is 14.1. The summed E-state index contributed by atoms with van der Waals surface area (Å²) < 4.78 is 1.02. The molecule has 0 atom stereocenters. The lowest BCUT2D eigenvalue weighted by atomic mass is 10.2. The van der Waals surface area contributed by atoms with Gasteiger partial charge < -0.3 is 5.43 Å². The van der Waals surface area contributed by atoms with Crippen molar-refractivity contribution in [3.63, 3.8) is 0 Å². The Labute approximate surface area is 99.8 Å². The lowest BCUT2D eigenvalue weighted by Gasteiger charge is -2.04. The molecule has 0 bridgehead atoms. The summed E-state index contributed by atoms with van der Waals surface area (Å²) in [6.07, 6.45) is 0. The van der Waals surface area contributed by atoms with E-state index in [1.807, 2.05) is 24.3 Å². The molecule has 0 aliphatic rings. The van der Waals surface area contributed by atoms with E-state index in [1.54, 1.807) is 0 Å². The van der Waals surface area contributed by atoms with Gasteiger partial charge in [0.2, 0.25) is 0 Å². The van der Waals surface area contributed by atoms with Gasteiger partial charge in [-0.15, -0.1) is 0 Å². The molecule has 0 radical (unpaired) electrons. The van der Waals surface area contributed by atoms with Crippen LogP contribution in [0.1, 0.15) is 0 Å². The van der Waals surface area contributed by atoms with E-state index in [9.17, 15) is 0 Å². The standard InChI is InChI=1S/C9H7ClIN3/c10-6-3-5-1-2-8(14-12)13-9(5)7(11)4-6/h1-4H,12H2,(H,13,14). The summed E-state index contributed by atoms with van der Waals surface area (Å²) in [6.45, 7) is 0. The molecule has 0 spiro atoms. The Balaban J connectivity index is 2.75. The molecule has 0 fully saturated rings. The molecule has 2 rings (SSSR count). The third-order valence-electron chi connectivity index (χ3n) is 1.86. The van der Waals surface area contributed by atoms with Crippen LogP contribution in [0.3, 0.4) is 0 Å². The topological polar surface area (TPSA) is 50.9 Å². The van der Waals surface area contributed by atoms with Crippen LogP contribution < -0.4 is 11.3 Å². The number of rotatable bonds is 1. The summed E-state index contributed by atoms with van der Waals surface area (Å²) in [5, 5.41) is 1.73. The number of nitrogen functional groups attached to an aromatic ring is 1. The molecule has 0 aliphatic heterocycles. The van der Waals surface area contributed by atoms with E-state index in [0.717, 1.165) is 19.5 Å². The van der Waals surface area contributed by atoms with Crippen LogP contribution in [-0.4, -0.2) is 4.98 Å². The van der Waals surface area contributed by atoms with Crippen molar-refractivity contribution in [2.45, 2.75) is 0 Å². The highest BCUT2D eigenvalue weighted by atomic mass is 127. The van der Waals surface area contributed by atoms with E-state index in [1.165, 1.54) is 0 Å². The Kier molecular flexibility index (Phi) is 2.76. The number of halogens is 2. The van der Waals surface area contributed by atoms with E-state index < -0.39 is 0 Å². The second kappa shape index (κ2) is 3.88. The molecular weight excluding hydrogens is 312 g/mol. The summed E-state index contributed by atoms with van der Waals surface area (Å²) >= 11 is 8.13. The molecule has 1 aromatic carbocycles. The van der Waals surface area contributed by atoms with Gasteiger partial charge in [0.25, 0.3) is 0 Å². The maximum absolute atomic E-state index is 5.92. The molecule has 1 heterocycles. The second-order valence-corrected chi connectivity index (χ2v) is 4.40. The quantitative estimate of drug-likeness (QED) is 0.483. The van der Waals surface area contributed by atoms with Crippen LogP contribution in [0, 0.1) is 3.57 Å². The van der Waals surface area contributed by atoms with Crippen LogP contribution >= 0.6 is 34.2 Å². The first-order chi connectivity index (χ1) is 6.70. The van der Waals surface area contributed by atoms with Crippen LogP contribution in [0.5, 0.6) is 0 Å². The molecule has 3 nitrogen and oxygen atoms in total. The maximum Gasteiger partial charge on any atom is 0.140 e. The lowest BCUT2D eigenvalue weighted by molar-refractivity contribution is 1.26. The monoisotopic (exact) mass is 319 g/mol. The van der Waals surface area contributed by atoms with Crippen LogP contribution in [-0.2, 0) is 0 Å². The van der Waals surface area contributed by atoms with E-state index in [2.05, 4.69) is 33.0 Å². The number of benzene rings is 1. The van der Waals surface area contributed by atoms with Crippen molar-refractivity contribution in [3.05, 3.63) is 32.9 Å². The molecule has 0 amide bonds. The van der Waals surface area contributed by atoms with Crippen molar-refractivity contribution in [1.82, 2.24) is 4.98 Å². The average Bonchev–Trinajstić information content (AvgIpc) is 2.17. The number of fused-ring (bicyclic) bond motifs is 1. The van der Waals surface area contributed by atoms with Gasteiger partial charge >= 0.3 is 0 Å². The fourth-order valence-corrected chi connectivity index (χ4v) is 2.42. The largest absolute Gasteiger partial charge is 0.308 e. The smallest absolute Gasteiger partial charge is 0.140 e. The fourth-order valence-electron chi connectivity index (χ4n) is 1.24. The first-order valence-electron chi connectivity index (χ1n) is 3.93. The number of hydrogen-bond donors (Lipinski definition) is 2. The number of nitrogens with zero attached hydrogens (tertiary/aromatic N) is 1. The van der Waals surface area contributed by atoms with E-state index >= 15 is 0 Å². The van der Waals surface area contributed by atoms with Crippen LogP contribution in [0.25, 0.3) is 10.9 Å². The highest BCUT2D eigenvalue weighted by Gasteiger charge is 2.03. The Morgan fingerprint density at radius 3 is 2.86 bits per heavy atom. The molecule has 5 heteroatoms.